The van der Waals surface area contributed by atoms with Crippen LogP contribution in [0, 0.1) is 6.92 Å². The molecule has 0 bridgehead atoms. The van der Waals surface area contributed by atoms with Crippen molar-refractivity contribution in [1.29, 1.82) is 0 Å². The SMILES string of the molecule is Cc1nc(Nc2ccc(NC(=O)/C=C/c3ccccc3)cc2)cc(N2CCOCC2)n1. The summed E-state index contributed by atoms with van der Waals surface area (Å²) in [6, 6.07) is 19.2. The second kappa shape index (κ2) is 9.86. The van der Waals surface area contributed by atoms with Crippen LogP contribution in [0.3, 0.4) is 0 Å². The molecule has 2 N–H and O–H groups in total. The smallest absolute Gasteiger partial charge is 0.248 e. The highest BCUT2D eigenvalue weighted by atomic mass is 16.5. The summed E-state index contributed by atoms with van der Waals surface area (Å²) in [5.41, 5.74) is 2.58. The molecule has 158 valence electrons. The van der Waals surface area contributed by atoms with Crippen LogP contribution in [0.4, 0.5) is 23.0 Å². The Kier molecular flexibility index (Phi) is 6.54. The van der Waals surface area contributed by atoms with Crippen molar-refractivity contribution in [3.05, 3.63) is 78.1 Å². The van der Waals surface area contributed by atoms with Crippen LogP contribution < -0.4 is 15.5 Å². The van der Waals surface area contributed by atoms with E-state index in [1.54, 1.807) is 6.08 Å². The summed E-state index contributed by atoms with van der Waals surface area (Å²) in [5, 5.41) is 6.18. The van der Waals surface area contributed by atoms with Gasteiger partial charge in [-0.3, -0.25) is 4.79 Å². The number of hydrogen-bond acceptors (Lipinski definition) is 6. The largest absolute Gasteiger partial charge is 0.378 e. The molecular formula is C24H25N5O2. The van der Waals surface area contributed by atoms with Crippen LogP contribution >= 0.6 is 0 Å². The van der Waals surface area contributed by atoms with Crippen LogP contribution in [-0.2, 0) is 9.53 Å². The van der Waals surface area contributed by atoms with Crippen LogP contribution in [0.25, 0.3) is 6.08 Å². The number of morpholine rings is 1. The summed E-state index contributed by atoms with van der Waals surface area (Å²) in [6.45, 7) is 4.95. The van der Waals surface area contributed by atoms with E-state index >= 15 is 0 Å². The van der Waals surface area contributed by atoms with E-state index in [4.69, 9.17) is 4.74 Å². The van der Waals surface area contributed by atoms with Gasteiger partial charge in [0, 0.05) is 36.6 Å². The molecule has 1 aliphatic heterocycles. The predicted octanol–water partition coefficient (Wildman–Crippen LogP) is 4.02. The second-order valence-corrected chi connectivity index (χ2v) is 7.19. The van der Waals surface area contributed by atoms with E-state index in [0.29, 0.717) is 19.0 Å². The van der Waals surface area contributed by atoms with E-state index in [-0.39, 0.29) is 5.91 Å². The number of anilines is 4. The second-order valence-electron chi connectivity index (χ2n) is 7.19. The minimum absolute atomic E-state index is 0.175. The van der Waals surface area contributed by atoms with Crippen molar-refractivity contribution in [3.8, 4) is 0 Å². The number of rotatable bonds is 6. The molecule has 1 aliphatic rings. The van der Waals surface area contributed by atoms with Crippen LogP contribution in [0.15, 0.2) is 66.7 Å². The molecule has 0 radical (unpaired) electrons. The number of ether oxygens (including phenoxy) is 1. The summed E-state index contributed by atoms with van der Waals surface area (Å²) in [7, 11) is 0. The quantitative estimate of drug-likeness (QED) is 0.592. The molecule has 2 heterocycles. The molecular weight excluding hydrogens is 390 g/mol. The van der Waals surface area contributed by atoms with Gasteiger partial charge in [-0.25, -0.2) is 9.97 Å². The Morgan fingerprint density at radius 1 is 1.00 bits per heavy atom. The van der Waals surface area contributed by atoms with E-state index in [9.17, 15) is 4.79 Å². The third kappa shape index (κ3) is 5.90. The highest BCUT2D eigenvalue weighted by Crippen LogP contribution is 2.22. The number of carbonyl (C=O) groups excluding carboxylic acids is 1. The number of nitrogens with one attached hydrogen (secondary N) is 2. The first kappa shape index (κ1) is 20.6. The maximum absolute atomic E-state index is 12.1. The fourth-order valence-corrected chi connectivity index (χ4v) is 3.28. The van der Waals surface area contributed by atoms with Crippen molar-refractivity contribution < 1.29 is 9.53 Å². The van der Waals surface area contributed by atoms with Crippen molar-refractivity contribution in [2.45, 2.75) is 6.92 Å². The Hall–Kier alpha value is -3.71. The standard InChI is InChI=1S/C24H25N5O2/c1-18-25-22(17-23(26-18)29-13-15-31-16-14-29)27-20-8-10-21(11-9-20)28-24(30)12-7-19-5-3-2-4-6-19/h2-12,17H,13-16H2,1H3,(H,28,30)(H,25,26,27)/b12-7+. The lowest BCUT2D eigenvalue weighted by Crippen LogP contribution is -2.36. The maximum Gasteiger partial charge on any atom is 0.248 e. The van der Waals surface area contributed by atoms with Gasteiger partial charge in [-0.15, -0.1) is 0 Å². The van der Waals surface area contributed by atoms with E-state index in [1.807, 2.05) is 67.6 Å². The topological polar surface area (TPSA) is 79.4 Å². The van der Waals surface area contributed by atoms with E-state index in [0.717, 1.165) is 41.7 Å². The van der Waals surface area contributed by atoms with Gasteiger partial charge in [-0.1, -0.05) is 30.3 Å². The Morgan fingerprint density at radius 3 is 2.45 bits per heavy atom. The first-order valence-electron chi connectivity index (χ1n) is 10.3. The first-order chi connectivity index (χ1) is 15.2. The van der Waals surface area contributed by atoms with Gasteiger partial charge in [0.1, 0.15) is 17.5 Å². The minimum atomic E-state index is -0.175. The van der Waals surface area contributed by atoms with E-state index in [1.165, 1.54) is 6.08 Å². The van der Waals surface area contributed by atoms with E-state index < -0.39 is 0 Å². The Labute approximate surface area is 181 Å². The molecule has 0 saturated carbocycles. The third-order valence-electron chi connectivity index (χ3n) is 4.81. The third-order valence-corrected chi connectivity index (χ3v) is 4.81. The lowest BCUT2D eigenvalue weighted by atomic mass is 10.2. The monoisotopic (exact) mass is 415 g/mol. The maximum atomic E-state index is 12.1. The molecule has 3 aromatic rings. The highest BCUT2D eigenvalue weighted by Gasteiger charge is 2.14. The molecule has 0 atom stereocenters. The molecule has 7 heteroatoms. The van der Waals surface area contributed by atoms with Crippen molar-refractivity contribution in [1.82, 2.24) is 9.97 Å². The summed E-state index contributed by atoms with van der Waals surface area (Å²) < 4.78 is 5.42. The zero-order chi connectivity index (χ0) is 21.5. The lowest BCUT2D eigenvalue weighted by Gasteiger charge is -2.28. The molecule has 7 nitrogen and oxygen atoms in total. The molecule has 2 aromatic carbocycles. The molecule has 4 rings (SSSR count). The molecule has 1 saturated heterocycles. The zero-order valence-corrected chi connectivity index (χ0v) is 17.4. The average molecular weight is 415 g/mol. The molecule has 0 spiro atoms. The van der Waals surface area contributed by atoms with Gasteiger partial charge in [-0.05, 0) is 42.8 Å². The number of hydrogen-bond donors (Lipinski definition) is 2. The molecule has 1 aromatic heterocycles. The van der Waals surface area contributed by atoms with Crippen molar-refractivity contribution in [3.63, 3.8) is 0 Å². The fourth-order valence-electron chi connectivity index (χ4n) is 3.28. The number of aryl methyl sites for hydroxylation is 1. The van der Waals surface area contributed by atoms with Gasteiger partial charge in [0.15, 0.2) is 0 Å². The zero-order valence-electron chi connectivity index (χ0n) is 17.4. The number of aromatic nitrogens is 2. The summed E-state index contributed by atoms with van der Waals surface area (Å²) in [6.07, 6.45) is 3.31. The molecule has 1 fully saturated rings. The normalized spacial score (nSPS) is 13.9. The average Bonchev–Trinajstić information content (AvgIpc) is 2.80. The number of carbonyl (C=O) groups is 1. The van der Waals surface area contributed by atoms with Crippen LogP contribution in [0.1, 0.15) is 11.4 Å². The summed E-state index contributed by atoms with van der Waals surface area (Å²) in [4.78, 5) is 23.4. The van der Waals surface area contributed by atoms with Gasteiger partial charge < -0.3 is 20.3 Å². The van der Waals surface area contributed by atoms with Gasteiger partial charge >= 0.3 is 0 Å². The predicted molar refractivity (Wildman–Crippen MR) is 124 cm³/mol. The highest BCUT2D eigenvalue weighted by molar-refractivity contribution is 6.02. The van der Waals surface area contributed by atoms with Gasteiger partial charge in [0.05, 0.1) is 13.2 Å². The van der Waals surface area contributed by atoms with Crippen LogP contribution in [0.5, 0.6) is 0 Å². The molecule has 0 unspecified atom stereocenters. The van der Waals surface area contributed by atoms with Gasteiger partial charge in [-0.2, -0.15) is 0 Å². The van der Waals surface area contributed by atoms with Crippen molar-refractivity contribution in [2.75, 3.05) is 41.8 Å². The molecule has 31 heavy (non-hydrogen) atoms. The Morgan fingerprint density at radius 2 is 1.71 bits per heavy atom. The summed E-state index contributed by atoms with van der Waals surface area (Å²) >= 11 is 0. The number of nitrogens with zero attached hydrogens (tertiary/aromatic N) is 3. The number of benzene rings is 2. The van der Waals surface area contributed by atoms with E-state index in [2.05, 4.69) is 25.5 Å². The fraction of sp³-hybridized carbons (Fsp3) is 0.208. The Bertz CT molecular complexity index is 1050. The minimum Gasteiger partial charge on any atom is -0.378 e. The van der Waals surface area contributed by atoms with Crippen LogP contribution in [0.2, 0.25) is 0 Å². The lowest BCUT2D eigenvalue weighted by molar-refractivity contribution is -0.111. The van der Waals surface area contributed by atoms with Crippen LogP contribution in [-0.4, -0.2) is 42.2 Å². The molecule has 0 aliphatic carbocycles. The van der Waals surface area contributed by atoms with Crippen molar-refractivity contribution >= 4 is 35.0 Å². The summed E-state index contributed by atoms with van der Waals surface area (Å²) in [5.74, 6) is 2.16. The van der Waals surface area contributed by atoms with Gasteiger partial charge in [0.25, 0.3) is 0 Å². The van der Waals surface area contributed by atoms with Gasteiger partial charge in [0.2, 0.25) is 5.91 Å². The van der Waals surface area contributed by atoms with Crippen molar-refractivity contribution in [2.24, 2.45) is 0 Å². The molecule has 1 amide bonds. The first-order valence-corrected chi connectivity index (χ1v) is 10.3. The Balaban J connectivity index is 1.38. The number of amides is 1.